The largest absolute Gasteiger partial charge is 0.317 e. The summed E-state index contributed by atoms with van der Waals surface area (Å²) in [5, 5.41) is 8.88. The predicted octanol–water partition coefficient (Wildman–Crippen LogP) is 4.51. The lowest BCUT2D eigenvalue weighted by molar-refractivity contribution is 0.102. The predicted molar refractivity (Wildman–Crippen MR) is 97.1 cm³/mol. The van der Waals surface area contributed by atoms with Gasteiger partial charge in [0.2, 0.25) is 0 Å². The van der Waals surface area contributed by atoms with Gasteiger partial charge in [0.1, 0.15) is 0 Å². The average Bonchev–Trinajstić information content (AvgIpc) is 3.23. The highest BCUT2D eigenvalue weighted by molar-refractivity contribution is 7.11. The summed E-state index contributed by atoms with van der Waals surface area (Å²) in [5.74, 6) is -0.533. The van der Waals surface area contributed by atoms with Crippen molar-refractivity contribution in [2.75, 3.05) is 5.32 Å². The number of nitrogens with zero attached hydrogens (tertiary/aromatic N) is 3. The number of anilines is 1. The Kier molecular flexibility index (Phi) is 5.63. The minimum Gasteiger partial charge on any atom is -0.317 e. The molecular weight excluding hydrogens is 382 g/mol. The van der Waals surface area contributed by atoms with Gasteiger partial charge in [-0.25, -0.2) is 13.8 Å². The van der Waals surface area contributed by atoms with Crippen molar-refractivity contribution >= 4 is 34.5 Å². The maximum atomic E-state index is 13.4. The second-order valence-corrected chi connectivity index (χ2v) is 6.82. The molecule has 0 aliphatic carbocycles. The highest BCUT2D eigenvalue weighted by Crippen LogP contribution is 2.31. The van der Waals surface area contributed by atoms with Crippen LogP contribution in [-0.4, -0.2) is 20.7 Å². The molecule has 2 aromatic heterocycles. The first kappa shape index (κ1) is 18.5. The van der Waals surface area contributed by atoms with Gasteiger partial charge in [0.15, 0.2) is 10.7 Å². The molecule has 1 N–H and O–H groups in total. The summed E-state index contributed by atoms with van der Waals surface area (Å²) in [6.07, 6.45) is -0.396. The van der Waals surface area contributed by atoms with Gasteiger partial charge in [-0.05, 0) is 24.5 Å². The van der Waals surface area contributed by atoms with E-state index in [4.69, 9.17) is 11.6 Å². The van der Waals surface area contributed by atoms with Crippen LogP contribution in [0.1, 0.15) is 33.2 Å². The van der Waals surface area contributed by atoms with Crippen LogP contribution >= 0.6 is 22.9 Å². The van der Waals surface area contributed by atoms with Gasteiger partial charge in [-0.15, -0.1) is 11.3 Å². The number of halogens is 3. The number of hydrogen-bond acceptors (Lipinski definition) is 4. The number of aromatic nitrogens is 3. The zero-order valence-electron chi connectivity index (χ0n) is 13.7. The zero-order valence-corrected chi connectivity index (χ0v) is 15.3. The summed E-state index contributed by atoms with van der Waals surface area (Å²) in [4.78, 5) is 16.2. The summed E-state index contributed by atoms with van der Waals surface area (Å²) in [7, 11) is 1.58. The normalized spacial score (nSPS) is 11.1. The van der Waals surface area contributed by atoms with Crippen LogP contribution in [0.3, 0.4) is 0 Å². The average molecular weight is 397 g/mol. The maximum Gasteiger partial charge on any atom is 0.284 e. The van der Waals surface area contributed by atoms with Crippen LogP contribution in [0, 0.1) is 0 Å². The number of alkyl halides is 2. The minimum absolute atomic E-state index is 0.0368. The second-order valence-electron chi connectivity index (χ2n) is 5.51. The van der Waals surface area contributed by atoms with Crippen LogP contribution in [0.5, 0.6) is 0 Å². The Morgan fingerprint density at radius 3 is 2.77 bits per heavy atom. The third-order valence-electron chi connectivity index (χ3n) is 3.85. The van der Waals surface area contributed by atoms with E-state index < -0.39 is 18.0 Å². The Morgan fingerprint density at radius 2 is 2.12 bits per heavy atom. The van der Waals surface area contributed by atoms with Crippen LogP contribution in [0.25, 0.3) is 0 Å². The molecule has 0 fully saturated rings. The Morgan fingerprint density at radius 1 is 1.35 bits per heavy atom. The molecule has 136 valence electrons. The molecule has 0 spiro atoms. The number of carbonyl (C=O) groups excluding carboxylic acids is 1. The van der Waals surface area contributed by atoms with E-state index in [2.05, 4.69) is 15.4 Å². The molecule has 1 aromatic carbocycles. The topological polar surface area (TPSA) is 59.8 Å². The Labute approximate surface area is 157 Å². The van der Waals surface area contributed by atoms with Gasteiger partial charge in [0.05, 0.1) is 11.4 Å². The van der Waals surface area contributed by atoms with Crippen LogP contribution in [-0.2, 0) is 19.9 Å². The first-order valence-electron chi connectivity index (χ1n) is 7.75. The molecule has 0 aliphatic rings. The highest BCUT2D eigenvalue weighted by atomic mass is 35.5. The third-order valence-corrected chi connectivity index (χ3v) is 4.99. The number of carbonyl (C=O) groups is 1. The van der Waals surface area contributed by atoms with Gasteiger partial charge >= 0.3 is 0 Å². The fourth-order valence-electron chi connectivity index (χ4n) is 2.61. The molecule has 2 heterocycles. The Bertz CT molecular complexity index is 912. The summed E-state index contributed by atoms with van der Waals surface area (Å²) >= 11 is 7.29. The molecule has 0 bridgehead atoms. The fourth-order valence-corrected chi connectivity index (χ4v) is 3.37. The van der Waals surface area contributed by atoms with Crippen molar-refractivity contribution in [1.82, 2.24) is 14.8 Å². The van der Waals surface area contributed by atoms with E-state index in [0.29, 0.717) is 23.6 Å². The van der Waals surface area contributed by atoms with Crippen LogP contribution in [0.4, 0.5) is 14.5 Å². The lowest BCUT2D eigenvalue weighted by Crippen LogP contribution is -2.14. The first-order valence-corrected chi connectivity index (χ1v) is 9.01. The van der Waals surface area contributed by atoms with E-state index in [1.165, 1.54) is 10.9 Å². The second kappa shape index (κ2) is 7.92. The molecule has 0 aliphatic heterocycles. The lowest BCUT2D eigenvalue weighted by Gasteiger charge is -2.09. The van der Waals surface area contributed by atoms with E-state index in [0.717, 1.165) is 16.9 Å². The van der Waals surface area contributed by atoms with Crippen molar-refractivity contribution in [1.29, 1.82) is 0 Å². The number of rotatable bonds is 6. The van der Waals surface area contributed by atoms with Crippen LogP contribution in [0.15, 0.2) is 35.8 Å². The molecule has 0 saturated heterocycles. The quantitative estimate of drug-likeness (QED) is 0.667. The van der Waals surface area contributed by atoms with E-state index in [1.54, 1.807) is 18.5 Å². The number of hydrogen-bond donors (Lipinski definition) is 1. The smallest absolute Gasteiger partial charge is 0.284 e. The molecule has 5 nitrogen and oxygen atoms in total. The number of nitrogens with one attached hydrogen (secondary N) is 1. The molecular formula is C17H15ClF2N4OS. The minimum atomic E-state index is -2.80. The van der Waals surface area contributed by atoms with Gasteiger partial charge in [-0.2, -0.15) is 5.10 Å². The first-order chi connectivity index (χ1) is 12.5. The third kappa shape index (κ3) is 3.91. The SMILES string of the molecule is Cn1nc(C(F)F)c(NC(=O)c2nccs2)c1CCc1ccccc1Cl. The monoisotopic (exact) mass is 396 g/mol. The number of thiazole rings is 1. The molecule has 1 amide bonds. The molecule has 0 saturated carbocycles. The van der Waals surface area contributed by atoms with Crippen molar-refractivity contribution in [3.05, 3.63) is 62.8 Å². The number of amides is 1. The van der Waals surface area contributed by atoms with Crippen LogP contribution < -0.4 is 5.32 Å². The standard InChI is InChI=1S/C17H15ClF2N4OS/c1-24-12(7-6-10-4-2-3-5-11(10)18)13(14(23-24)15(19)20)22-16(25)17-21-8-9-26-17/h2-5,8-9,15H,6-7H2,1H3,(H,22,25). The molecule has 0 unspecified atom stereocenters. The van der Waals surface area contributed by atoms with Crippen molar-refractivity contribution in [3.8, 4) is 0 Å². The molecule has 26 heavy (non-hydrogen) atoms. The lowest BCUT2D eigenvalue weighted by atomic mass is 10.1. The van der Waals surface area contributed by atoms with Gasteiger partial charge in [0, 0.05) is 23.6 Å². The Balaban J connectivity index is 1.89. The zero-order chi connectivity index (χ0) is 18.7. The van der Waals surface area contributed by atoms with Gasteiger partial charge in [-0.1, -0.05) is 29.8 Å². The van der Waals surface area contributed by atoms with Crippen LogP contribution in [0.2, 0.25) is 5.02 Å². The summed E-state index contributed by atoms with van der Waals surface area (Å²) in [5.41, 5.74) is 0.984. The van der Waals surface area contributed by atoms with E-state index >= 15 is 0 Å². The van der Waals surface area contributed by atoms with E-state index in [9.17, 15) is 13.6 Å². The molecule has 3 rings (SSSR count). The Hall–Kier alpha value is -2.32. The van der Waals surface area contributed by atoms with E-state index in [1.807, 2.05) is 18.2 Å². The molecule has 0 radical (unpaired) electrons. The molecule has 0 atom stereocenters. The molecule has 9 heteroatoms. The van der Waals surface area contributed by atoms with Crippen molar-refractivity contribution in [3.63, 3.8) is 0 Å². The number of benzene rings is 1. The summed E-state index contributed by atoms with van der Waals surface area (Å²) < 4.78 is 28.1. The van der Waals surface area contributed by atoms with Gasteiger partial charge < -0.3 is 5.32 Å². The molecule has 3 aromatic rings. The fraction of sp³-hybridized carbons (Fsp3) is 0.235. The number of aryl methyl sites for hydroxylation is 2. The van der Waals surface area contributed by atoms with Crippen molar-refractivity contribution < 1.29 is 13.6 Å². The van der Waals surface area contributed by atoms with Gasteiger partial charge in [-0.3, -0.25) is 9.48 Å². The maximum absolute atomic E-state index is 13.4. The van der Waals surface area contributed by atoms with E-state index in [-0.39, 0.29) is 10.7 Å². The van der Waals surface area contributed by atoms with Gasteiger partial charge in [0.25, 0.3) is 12.3 Å². The highest BCUT2D eigenvalue weighted by Gasteiger charge is 2.25. The summed E-state index contributed by atoms with van der Waals surface area (Å²) in [6.45, 7) is 0. The van der Waals surface area contributed by atoms with Crippen molar-refractivity contribution in [2.45, 2.75) is 19.3 Å². The van der Waals surface area contributed by atoms with Crippen molar-refractivity contribution in [2.24, 2.45) is 7.05 Å². The summed E-state index contributed by atoms with van der Waals surface area (Å²) in [6, 6.07) is 7.33.